The number of aromatic nitrogens is 2. The first-order chi connectivity index (χ1) is 13.9. The van der Waals surface area contributed by atoms with E-state index in [1.165, 1.54) is 19.3 Å². The van der Waals surface area contributed by atoms with Crippen LogP contribution in [-0.2, 0) is 22.6 Å². The maximum absolute atomic E-state index is 12.8. The SMILES string of the molecule is C[C@@H]1CCCCN1CCCNC(=O)c1nn(C)c2c1CS(=O)(=O)c1ccccc1-2. The van der Waals surface area contributed by atoms with Crippen molar-refractivity contribution in [2.45, 2.75) is 49.3 Å². The lowest BCUT2D eigenvalue weighted by molar-refractivity contribution is 0.0942. The lowest BCUT2D eigenvalue weighted by atomic mass is 10.0. The van der Waals surface area contributed by atoms with Crippen molar-refractivity contribution in [3.8, 4) is 11.3 Å². The summed E-state index contributed by atoms with van der Waals surface area (Å²) in [4.78, 5) is 15.6. The smallest absolute Gasteiger partial charge is 0.272 e. The van der Waals surface area contributed by atoms with Gasteiger partial charge in [0.25, 0.3) is 5.91 Å². The maximum atomic E-state index is 12.8. The lowest BCUT2D eigenvalue weighted by Crippen LogP contribution is -2.39. The molecule has 1 fully saturated rings. The molecule has 1 aromatic carbocycles. The van der Waals surface area contributed by atoms with Gasteiger partial charge in [-0.15, -0.1) is 0 Å². The van der Waals surface area contributed by atoms with Gasteiger partial charge in [-0.1, -0.05) is 24.6 Å². The lowest BCUT2D eigenvalue weighted by Gasteiger charge is -2.33. The van der Waals surface area contributed by atoms with E-state index in [1.807, 2.05) is 0 Å². The Kier molecular flexibility index (Phi) is 5.48. The van der Waals surface area contributed by atoms with Gasteiger partial charge in [0, 0.05) is 37.3 Å². The van der Waals surface area contributed by atoms with Crippen LogP contribution in [0.3, 0.4) is 0 Å². The molecule has 0 radical (unpaired) electrons. The Morgan fingerprint density at radius 1 is 1.28 bits per heavy atom. The highest BCUT2D eigenvalue weighted by Crippen LogP contribution is 2.38. The minimum atomic E-state index is -3.48. The molecule has 1 aromatic heterocycles. The summed E-state index contributed by atoms with van der Waals surface area (Å²) < 4.78 is 27.0. The van der Waals surface area contributed by atoms with E-state index in [0.29, 0.717) is 34.3 Å². The highest BCUT2D eigenvalue weighted by molar-refractivity contribution is 7.90. The van der Waals surface area contributed by atoms with Crippen LogP contribution in [0, 0.1) is 0 Å². The summed E-state index contributed by atoms with van der Waals surface area (Å²) in [6.07, 6.45) is 4.65. The average Bonchev–Trinajstić information content (AvgIpc) is 3.02. The fourth-order valence-electron chi connectivity index (χ4n) is 4.48. The first-order valence-electron chi connectivity index (χ1n) is 10.3. The third-order valence-electron chi connectivity index (χ3n) is 6.02. The number of amides is 1. The van der Waals surface area contributed by atoms with Gasteiger partial charge in [0.2, 0.25) is 0 Å². The molecule has 1 saturated heterocycles. The van der Waals surface area contributed by atoms with Gasteiger partial charge in [-0.25, -0.2) is 8.42 Å². The number of hydrogen-bond acceptors (Lipinski definition) is 5. The van der Waals surface area contributed by atoms with Crippen molar-refractivity contribution in [3.63, 3.8) is 0 Å². The van der Waals surface area contributed by atoms with Crippen molar-refractivity contribution < 1.29 is 13.2 Å². The molecule has 3 heterocycles. The minimum absolute atomic E-state index is 0.193. The molecule has 29 heavy (non-hydrogen) atoms. The van der Waals surface area contributed by atoms with Gasteiger partial charge in [0.15, 0.2) is 15.5 Å². The van der Waals surface area contributed by atoms with Crippen LogP contribution in [0.15, 0.2) is 29.2 Å². The van der Waals surface area contributed by atoms with Gasteiger partial charge in [0.1, 0.15) is 0 Å². The molecular formula is C21H28N4O3S. The zero-order chi connectivity index (χ0) is 20.6. The summed E-state index contributed by atoms with van der Waals surface area (Å²) in [6, 6.07) is 7.51. The van der Waals surface area contributed by atoms with Crippen LogP contribution in [-0.4, -0.2) is 54.7 Å². The van der Waals surface area contributed by atoms with E-state index in [-0.39, 0.29) is 17.4 Å². The number of carbonyl (C=O) groups excluding carboxylic acids is 1. The van der Waals surface area contributed by atoms with Gasteiger partial charge in [-0.3, -0.25) is 9.48 Å². The summed E-state index contributed by atoms with van der Waals surface area (Å²) >= 11 is 0. The number of nitrogens with one attached hydrogen (secondary N) is 1. The first kappa shape index (κ1) is 20.1. The average molecular weight is 417 g/mol. The van der Waals surface area contributed by atoms with E-state index in [0.717, 1.165) is 19.5 Å². The number of rotatable bonds is 5. The maximum Gasteiger partial charge on any atom is 0.272 e. The summed E-state index contributed by atoms with van der Waals surface area (Å²) in [6.45, 7) is 4.90. The topological polar surface area (TPSA) is 84.3 Å². The zero-order valence-corrected chi connectivity index (χ0v) is 17.8. The van der Waals surface area contributed by atoms with Gasteiger partial charge in [0.05, 0.1) is 16.3 Å². The van der Waals surface area contributed by atoms with Crippen LogP contribution in [0.1, 0.15) is 48.7 Å². The Bertz CT molecular complexity index is 1030. The Labute approximate surface area is 172 Å². The second kappa shape index (κ2) is 7.91. The molecule has 2 aliphatic heterocycles. The highest BCUT2D eigenvalue weighted by atomic mass is 32.2. The third kappa shape index (κ3) is 3.83. The summed E-state index contributed by atoms with van der Waals surface area (Å²) in [5, 5.41) is 7.30. The molecule has 1 N–H and O–H groups in total. The van der Waals surface area contributed by atoms with Crippen molar-refractivity contribution >= 4 is 15.7 Å². The number of sulfone groups is 1. The second-order valence-corrected chi connectivity index (χ2v) is 10.0. The highest BCUT2D eigenvalue weighted by Gasteiger charge is 2.34. The molecule has 8 heteroatoms. The monoisotopic (exact) mass is 416 g/mol. The van der Waals surface area contributed by atoms with Gasteiger partial charge < -0.3 is 10.2 Å². The summed E-state index contributed by atoms with van der Waals surface area (Å²) in [5.74, 6) is -0.496. The Hall–Kier alpha value is -2.19. The van der Waals surface area contributed by atoms with Crippen LogP contribution in [0.2, 0.25) is 0 Å². The zero-order valence-electron chi connectivity index (χ0n) is 17.0. The quantitative estimate of drug-likeness (QED) is 0.757. The van der Waals surface area contributed by atoms with Crippen molar-refractivity contribution in [1.82, 2.24) is 20.0 Å². The Morgan fingerprint density at radius 3 is 2.86 bits per heavy atom. The second-order valence-electron chi connectivity index (χ2n) is 8.04. The first-order valence-corrected chi connectivity index (χ1v) is 11.9. The molecule has 1 amide bonds. The van der Waals surface area contributed by atoms with Crippen molar-refractivity contribution in [2.75, 3.05) is 19.6 Å². The third-order valence-corrected chi connectivity index (χ3v) is 7.72. The van der Waals surface area contributed by atoms with Crippen molar-refractivity contribution in [2.24, 2.45) is 7.05 Å². The Balaban J connectivity index is 1.47. The summed E-state index contributed by atoms with van der Waals surface area (Å²) in [5.41, 5.74) is 2.03. The predicted octanol–water partition coefficient (Wildman–Crippen LogP) is 2.37. The molecular weight excluding hydrogens is 388 g/mol. The molecule has 0 unspecified atom stereocenters. The number of aryl methyl sites for hydroxylation is 1. The molecule has 1 atom stereocenters. The molecule has 156 valence electrons. The molecule has 0 bridgehead atoms. The molecule has 0 saturated carbocycles. The predicted molar refractivity (Wildman–Crippen MR) is 111 cm³/mol. The number of likely N-dealkylation sites (tertiary alicyclic amines) is 1. The molecule has 7 nitrogen and oxygen atoms in total. The number of fused-ring (bicyclic) bond motifs is 3. The van der Waals surface area contributed by atoms with Crippen LogP contribution in [0.25, 0.3) is 11.3 Å². The number of benzene rings is 1. The van der Waals surface area contributed by atoms with Crippen LogP contribution < -0.4 is 5.32 Å². The van der Waals surface area contributed by atoms with Crippen LogP contribution in [0.4, 0.5) is 0 Å². The van der Waals surface area contributed by atoms with E-state index in [4.69, 9.17) is 0 Å². The van der Waals surface area contributed by atoms with E-state index in [2.05, 4.69) is 22.2 Å². The van der Waals surface area contributed by atoms with Gasteiger partial charge in [-0.2, -0.15) is 5.10 Å². The van der Waals surface area contributed by atoms with E-state index in [1.54, 1.807) is 36.0 Å². The van der Waals surface area contributed by atoms with Crippen LogP contribution >= 0.6 is 0 Å². The van der Waals surface area contributed by atoms with Crippen molar-refractivity contribution in [3.05, 3.63) is 35.5 Å². The number of carbonyl (C=O) groups is 1. The Morgan fingerprint density at radius 2 is 2.07 bits per heavy atom. The minimum Gasteiger partial charge on any atom is -0.351 e. The molecule has 0 spiro atoms. The van der Waals surface area contributed by atoms with Gasteiger partial charge >= 0.3 is 0 Å². The van der Waals surface area contributed by atoms with Crippen molar-refractivity contribution in [1.29, 1.82) is 0 Å². The number of hydrogen-bond donors (Lipinski definition) is 1. The van der Waals surface area contributed by atoms with E-state index < -0.39 is 9.84 Å². The molecule has 2 aromatic rings. The van der Waals surface area contributed by atoms with Crippen LogP contribution in [0.5, 0.6) is 0 Å². The number of nitrogens with zero attached hydrogens (tertiary/aromatic N) is 3. The standard InChI is InChI=1S/C21H28N4O3S/c1-15-8-5-6-12-25(15)13-7-11-22-21(26)19-17-14-29(27,28)18-10-4-3-9-16(18)20(17)24(2)23-19/h3-4,9-10,15H,5-8,11-14H2,1-2H3,(H,22,26)/t15-/m1/s1. The summed E-state index contributed by atoms with van der Waals surface area (Å²) in [7, 11) is -1.73. The van der Waals surface area contributed by atoms with E-state index >= 15 is 0 Å². The fraction of sp³-hybridized carbons (Fsp3) is 0.524. The molecule has 4 rings (SSSR count). The fourth-order valence-corrected chi connectivity index (χ4v) is 6.08. The molecule has 2 aliphatic rings. The van der Waals surface area contributed by atoms with E-state index in [9.17, 15) is 13.2 Å². The normalized spacial score (nSPS) is 20.7. The largest absolute Gasteiger partial charge is 0.351 e. The number of piperidine rings is 1. The molecule has 0 aliphatic carbocycles. The van der Waals surface area contributed by atoms with Gasteiger partial charge in [-0.05, 0) is 38.8 Å².